The van der Waals surface area contributed by atoms with Crippen molar-refractivity contribution in [1.29, 1.82) is 0 Å². The molecule has 0 fully saturated rings. The molecule has 3 nitrogen and oxygen atoms in total. The first kappa shape index (κ1) is 11.6. The molecule has 1 aromatic heterocycles. The van der Waals surface area contributed by atoms with Gasteiger partial charge in [0.25, 0.3) is 0 Å². The highest BCUT2D eigenvalue weighted by Crippen LogP contribution is 2.15. The SMILES string of the molecule is CCCC=Cn1c(=O)ncc2cccc(C)c21. The van der Waals surface area contributed by atoms with Gasteiger partial charge in [-0.05, 0) is 18.9 Å². The molecule has 0 saturated heterocycles. The number of aryl methyl sites for hydroxylation is 1. The van der Waals surface area contributed by atoms with E-state index in [-0.39, 0.29) is 5.69 Å². The summed E-state index contributed by atoms with van der Waals surface area (Å²) in [6.07, 6.45) is 7.51. The van der Waals surface area contributed by atoms with E-state index < -0.39 is 0 Å². The minimum atomic E-state index is -0.223. The van der Waals surface area contributed by atoms with Crippen LogP contribution in [0.15, 0.2) is 35.3 Å². The van der Waals surface area contributed by atoms with Crippen molar-refractivity contribution >= 4 is 17.1 Å². The quantitative estimate of drug-likeness (QED) is 0.809. The van der Waals surface area contributed by atoms with Crippen molar-refractivity contribution in [3.8, 4) is 0 Å². The average molecular weight is 228 g/mol. The van der Waals surface area contributed by atoms with E-state index in [2.05, 4.69) is 11.9 Å². The van der Waals surface area contributed by atoms with E-state index in [4.69, 9.17) is 0 Å². The van der Waals surface area contributed by atoms with Crippen molar-refractivity contribution in [3.63, 3.8) is 0 Å². The number of hydrogen-bond acceptors (Lipinski definition) is 2. The van der Waals surface area contributed by atoms with Crippen LogP contribution in [0.5, 0.6) is 0 Å². The van der Waals surface area contributed by atoms with E-state index in [9.17, 15) is 4.79 Å². The number of fused-ring (bicyclic) bond motifs is 1. The topological polar surface area (TPSA) is 34.9 Å². The van der Waals surface area contributed by atoms with Crippen LogP contribution in [0.2, 0.25) is 0 Å². The summed E-state index contributed by atoms with van der Waals surface area (Å²) in [5.41, 5.74) is 1.81. The Kier molecular flexibility index (Phi) is 3.38. The van der Waals surface area contributed by atoms with E-state index >= 15 is 0 Å². The van der Waals surface area contributed by atoms with Gasteiger partial charge in [-0.1, -0.05) is 37.6 Å². The molecule has 2 aromatic rings. The molecule has 1 aromatic carbocycles. The molecule has 0 bridgehead atoms. The van der Waals surface area contributed by atoms with Gasteiger partial charge in [0.15, 0.2) is 0 Å². The van der Waals surface area contributed by atoms with Crippen molar-refractivity contribution in [1.82, 2.24) is 9.55 Å². The minimum Gasteiger partial charge on any atom is -0.267 e. The molecule has 0 radical (unpaired) electrons. The van der Waals surface area contributed by atoms with Gasteiger partial charge in [0.05, 0.1) is 5.52 Å². The number of allylic oxidation sites excluding steroid dienone is 1. The zero-order valence-corrected chi connectivity index (χ0v) is 10.2. The maximum Gasteiger partial charge on any atom is 0.352 e. The highest BCUT2D eigenvalue weighted by atomic mass is 16.1. The first-order valence-electron chi connectivity index (χ1n) is 5.87. The molecule has 3 heteroatoms. The van der Waals surface area contributed by atoms with Gasteiger partial charge in [-0.3, -0.25) is 4.57 Å². The normalized spacial score (nSPS) is 11.4. The van der Waals surface area contributed by atoms with Gasteiger partial charge >= 0.3 is 5.69 Å². The van der Waals surface area contributed by atoms with E-state index in [0.29, 0.717) is 0 Å². The standard InChI is InChI=1S/C14H16N2O/c1-3-4-5-9-16-13-11(2)7-6-8-12(13)10-15-14(16)17/h5-10H,3-4H2,1-2H3. The van der Waals surface area contributed by atoms with Crippen LogP contribution in [-0.2, 0) is 0 Å². The number of hydrogen-bond donors (Lipinski definition) is 0. The summed E-state index contributed by atoms with van der Waals surface area (Å²) in [6.45, 7) is 4.12. The lowest BCUT2D eigenvalue weighted by molar-refractivity contribution is 0.945. The van der Waals surface area contributed by atoms with Gasteiger partial charge in [-0.2, -0.15) is 0 Å². The summed E-state index contributed by atoms with van der Waals surface area (Å²) in [7, 11) is 0. The lowest BCUT2D eigenvalue weighted by Gasteiger charge is -2.07. The second-order valence-corrected chi connectivity index (χ2v) is 4.10. The molecule has 0 spiro atoms. The van der Waals surface area contributed by atoms with Crippen molar-refractivity contribution in [2.24, 2.45) is 0 Å². The zero-order chi connectivity index (χ0) is 12.3. The Balaban J connectivity index is 2.67. The Morgan fingerprint density at radius 3 is 3.00 bits per heavy atom. The van der Waals surface area contributed by atoms with E-state index in [1.807, 2.05) is 37.4 Å². The summed E-state index contributed by atoms with van der Waals surface area (Å²) < 4.78 is 1.63. The zero-order valence-electron chi connectivity index (χ0n) is 10.2. The fourth-order valence-corrected chi connectivity index (χ4v) is 1.88. The van der Waals surface area contributed by atoms with Gasteiger partial charge in [0.1, 0.15) is 0 Å². The summed E-state index contributed by atoms with van der Waals surface area (Å²) >= 11 is 0. The smallest absolute Gasteiger partial charge is 0.267 e. The molecular formula is C14H16N2O. The van der Waals surface area contributed by atoms with Gasteiger partial charge < -0.3 is 0 Å². The largest absolute Gasteiger partial charge is 0.352 e. The van der Waals surface area contributed by atoms with E-state index in [1.165, 1.54) is 0 Å². The number of rotatable bonds is 3. The van der Waals surface area contributed by atoms with Crippen molar-refractivity contribution in [3.05, 3.63) is 46.5 Å². The number of benzene rings is 1. The molecule has 17 heavy (non-hydrogen) atoms. The number of aromatic nitrogens is 2. The van der Waals surface area contributed by atoms with Crippen LogP contribution in [0, 0.1) is 6.92 Å². The van der Waals surface area contributed by atoms with Crippen LogP contribution >= 0.6 is 0 Å². The Morgan fingerprint density at radius 1 is 1.41 bits per heavy atom. The lowest BCUT2D eigenvalue weighted by atomic mass is 10.1. The molecular weight excluding hydrogens is 212 g/mol. The summed E-state index contributed by atoms with van der Waals surface area (Å²) in [5, 5.41) is 0.991. The Labute approximate surface area is 100 Å². The maximum absolute atomic E-state index is 11.8. The third-order valence-corrected chi connectivity index (χ3v) is 2.74. The summed E-state index contributed by atoms with van der Waals surface area (Å²) in [6, 6.07) is 5.95. The minimum absolute atomic E-state index is 0.223. The molecule has 0 saturated carbocycles. The molecule has 0 aliphatic carbocycles. The fraction of sp³-hybridized carbons (Fsp3) is 0.286. The summed E-state index contributed by atoms with van der Waals surface area (Å²) in [5.74, 6) is 0. The Morgan fingerprint density at radius 2 is 2.24 bits per heavy atom. The summed E-state index contributed by atoms with van der Waals surface area (Å²) in [4.78, 5) is 15.7. The molecule has 0 amide bonds. The van der Waals surface area contributed by atoms with Crippen LogP contribution in [0.3, 0.4) is 0 Å². The highest BCUT2D eigenvalue weighted by molar-refractivity contribution is 5.82. The van der Waals surface area contributed by atoms with Gasteiger partial charge in [0, 0.05) is 17.8 Å². The van der Waals surface area contributed by atoms with Crippen LogP contribution in [0.1, 0.15) is 25.3 Å². The van der Waals surface area contributed by atoms with Crippen molar-refractivity contribution in [2.45, 2.75) is 26.7 Å². The van der Waals surface area contributed by atoms with E-state index in [0.717, 1.165) is 29.3 Å². The predicted octanol–water partition coefficient (Wildman–Crippen LogP) is 2.98. The van der Waals surface area contributed by atoms with Crippen molar-refractivity contribution < 1.29 is 0 Å². The monoisotopic (exact) mass is 228 g/mol. The molecule has 0 unspecified atom stereocenters. The molecule has 0 aliphatic heterocycles. The third kappa shape index (κ3) is 2.28. The maximum atomic E-state index is 11.8. The van der Waals surface area contributed by atoms with Gasteiger partial charge in [-0.25, -0.2) is 9.78 Å². The van der Waals surface area contributed by atoms with Gasteiger partial charge in [-0.15, -0.1) is 0 Å². The van der Waals surface area contributed by atoms with Crippen LogP contribution < -0.4 is 5.69 Å². The van der Waals surface area contributed by atoms with Gasteiger partial charge in [0.2, 0.25) is 0 Å². The number of para-hydroxylation sites is 1. The predicted molar refractivity (Wildman–Crippen MR) is 71.0 cm³/mol. The lowest BCUT2D eigenvalue weighted by Crippen LogP contribution is -2.19. The van der Waals surface area contributed by atoms with Crippen LogP contribution in [0.4, 0.5) is 0 Å². The Hall–Kier alpha value is -1.90. The first-order valence-corrected chi connectivity index (χ1v) is 5.87. The fourth-order valence-electron chi connectivity index (χ4n) is 1.88. The molecule has 2 rings (SSSR count). The second-order valence-electron chi connectivity index (χ2n) is 4.10. The van der Waals surface area contributed by atoms with Crippen LogP contribution in [-0.4, -0.2) is 9.55 Å². The molecule has 88 valence electrons. The van der Waals surface area contributed by atoms with Crippen LogP contribution in [0.25, 0.3) is 17.1 Å². The molecule has 0 atom stereocenters. The third-order valence-electron chi connectivity index (χ3n) is 2.74. The Bertz CT molecular complexity index is 611. The average Bonchev–Trinajstić information content (AvgIpc) is 2.33. The molecule has 0 N–H and O–H groups in total. The first-order chi connectivity index (χ1) is 8.24. The van der Waals surface area contributed by atoms with E-state index in [1.54, 1.807) is 10.8 Å². The molecule has 1 heterocycles. The molecule has 0 aliphatic rings. The number of unbranched alkanes of at least 4 members (excludes halogenated alkanes) is 1. The highest BCUT2D eigenvalue weighted by Gasteiger charge is 2.03. The number of nitrogens with zero attached hydrogens (tertiary/aromatic N) is 2. The van der Waals surface area contributed by atoms with Crippen molar-refractivity contribution in [2.75, 3.05) is 0 Å². The second kappa shape index (κ2) is 4.95.